The Morgan fingerprint density at radius 1 is 1.36 bits per heavy atom. The summed E-state index contributed by atoms with van der Waals surface area (Å²) < 4.78 is 5.84. The molecule has 1 atom stereocenters. The largest absolute Gasteiger partial charge is 0.371 e. The highest BCUT2D eigenvalue weighted by Crippen LogP contribution is 2.30. The topological polar surface area (TPSA) is 9.23 Å². The number of unbranched alkanes of at least 4 members (excludes halogenated alkanes) is 3. The van der Waals surface area contributed by atoms with Crippen LogP contribution >= 0.6 is 0 Å². The number of hydrogen-bond acceptors (Lipinski definition) is 1. The summed E-state index contributed by atoms with van der Waals surface area (Å²) in [7, 11) is 0. The van der Waals surface area contributed by atoms with E-state index >= 15 is 0 Å². The fourth-order valence-corrected chi connectivity index (χ4v) is 2.18. The molecule has 1 nitrogen and oxygen atoms in total. The second kappa shape index (κ2) is 5.55. The smallest absolute Gasteiger partial charge is 0.0695 e. The van der Waals surface area contributed by atoms with Crippen LogP contribution in [-0.2, 0) is 4.74 Å². The summed E-state index contributed by atoms with van der Waals surface area (Å²) in [5.74, 6) is 0. The molecular weight excluding hydrogens is 172 g/mol. The first-order valence-corrected chi connectivity index (χ1v) is 5.96. The minimum atomic E-state index is 0.132. The van der Waals surface area contributed by atoms with E-state index in [1.807, 2.05) is 0 Å². The third-order valence-corrected chi connectivity index (χ3v) is 3.08. The molecule has 1 unspecified atom stereocenters. The van der Waals surface area contributed by atoms with Gasteiger partial charge in [-0.3, -0.25) is 0 Å². The summed E-state index contributed by atoms with van der Waals surface area (Å²) in [5.41, 5.74) is 1.63. The van der Waals surface area contributed by atoms with Gasteiger partial charge >= 0.3 is 0 Å². The highest BCUT2D eigenvalue weighted by atomic mass is 16.5. The Bertz CT molecular complexity index is 195. The van der Waals surface area contributed by atoms with Gasteiger partial charge in [-0.25, -0.2) is 0 Å². The lowest BCUT2D eigenvalue weighted by molar-refractivity contribution is -0.0325. The van der Waals surface area contributed by atoms with E-state index in [1.165, 1.54) is 37.7 Å². The van der Waals surface area contributed by atoms with E-state index in [0.717, 1.165) is 13.0 Å². The van der Waals surface area contributed by atoms with Crippen molar-refractivity contribution in [3.63, 3.8) is 0 Å². The van der Waals surface area contributed by atoms with Gasteiger partial charge in [-0.1, -0.05) is 44.3 Å². The molecule has 14 heavy (non-hydrogen) atoms. The average Bonchev–Trinajstić information content (AvgIpc) is 2.12. The Balaban J connectivity index is 2.25. The minimum absolute atomic E-state index is 0.132. The molecule has 0 amide bonds. The van der Waals surface area contributed by atoms with Crippen molar-refractivity contribution in [2.45, 2.75) is 64.9 Å². The molecule has 0 aliphatic carbocycles. The van der Waals surface area contributed by atoms with Crippen molar-refractivity contribution in [3.05, 3.63) is 11.6 Å². The van der Waals surface area contributed by atoms with Gasteiger partial charge < -0.3 is 4.74 Å². The quantitative estimate of drug-likeness (QED) is 0.475. The van der Waals surface area contributed by atoms with Gasteiger partial charge in [0.05, 0.1) is 12.2 Å². The van der Waals surface area contributed by atoms with E-state index in [9.17, 15) is 0 Å². The Kier molecular flexibility index (Phi) is 4.67. The van der Waals surface area contributed by atoms with E-state index < -0.39 is 0 Å². The first kappa shape index (κ1) is 11.8. The second-order valence-electron chi connectivity index (χ2n) is 4.80. The highest BCUT2D eigenvalue weighted by Gasteiger charge is 2.26. The molecular formula is C13H24O. The van der Waals surface area contributed by atoms with Crippen molar-refractivity contribution in [2.24, 2.45) is 0 Å². The summed E-state index contributed by atoms with van der Waals surface area (Å²) in [6.07, 6.45) is 9.91. The van der Waals surface area contributed by atoms with Gasteiger partial charge in [0.1, 0.15) is 0 Å². The fourth-order valence-electron chi connectivity index (χ4n) is 2.18. The second-order valence-corrected chi connectivity index (χ2v) is 4.80. The van der Waals surface area contributed by atoms with Crippen molar-refractivity contribution in [1.29, 1.82) is 0 Å². The SMILES string of the molecule is CCCCCCC1(C)CC(C)=CCO1. The van der Waals surface area contributed by atoms with E-state index in [4.69, 9.17) is 4.74 Å². The third-order valence-electron chi connectivity index (χ3n) is 3.08. The van der Waals surface area contributed by atoms with Crippen LogP contribution in [0.25, 0.3) is 0 Å². The van der Waals surface area contributed by atoms with Crippen LogP contribution in [0.5, 0.6) is 0 Å². The maximum absolute atomic E-state index is 5.84. The van der Waals surface area contributed by atoms with Crippen LogP contribution in [0.15, 0.2) is 11.6 Å². The first-order chi connectivity index (χ1) is 6.66. The summed E-state index contributed by atoms with van der Waals surface area (Å²) in [4.78, 5) is 0. The lowest BCUT2D eigenvalue weighted by atomic mass is 9.89. The Labute approximate surface area is 88.5 Å². The molecule has 0 aromatic rings. The van der Waals surface area contributed by atoms with Gasteiger partial charge in [0.15, 0.2) is 0 Å². The van der Waals surface area contributed by atoms with E-state index in [2.05, 4.69) is 26.8 Å². The molecule has 0 saturated carbocycles. The lowest BCUT2D eigenvalue weighted by Gasteiger charge is -2.33. The average molecular weight is 196 g/mol. The summed E-state index contributed by atoms with van der Waals surface area (Å²) in [6.45, 7) is 7.55. The number of hydrogen-bond donors (Lipinski definition) is 0. The Hall–Kier alpha value is -0.300. The van der Waals surface area contributed by atoms with Crippen LogP contribution in [0.1, 0.15) is 59.3 Å². The van der Waals surface area contributed by atoms with Crippen molar-refractivity contribution < 1.29 is 4.74 Å². The Morgan fingerprint density at radius 3 is 2.79 bits per heavy atom. The summed E-state index contributed by atoms with van der Waals surface area (Å²) >= 11 is 0. The standard InChI is InChI=1S/C13H24O/c1-4-5-6-7-9-13(3)11-12(2)8-10-14-13/h8H,4-7,9-11H2,1-3H3. The van der Waals surface area contributed by atoms with E-state index in [1.54, 1.807) is 0 Å². The van der Waals surface area contributed by atoms with Crippen molar-refractivity contribution in [2.75, 3.05) is 6.61 Å². The minimum Gasteiger partial charge on any atom is -0.371 e. The van der Waals surface area contributed by atoms with Gasteiger partial charge in [0.2, 0.25) is 0 Å². The molecule has 0 aromatic heterocycles. The van der Waals surface area contributed by atoms with Crippen LogP contribution in [0.2, 0.25) is 0 Å². The summed E-state index contributed by atoms with van der Waals surface area (Å²) in [5, 5.41) is 0. The Morgan fingerprint density at radius 2 is 2.14 bits per heavy atom. The predicted molar refractivity (Wildman–Crippen MR) is 61.5 cm³/mol. The summed E-state index contributed by atoms with van der Waals surface area (Å²) in [6, 6.07) is 0. The van der Waals surface area contributed by atoms with Crippen LogP contribution in [-0.4, -0.2) is 12.2 Å². The monoisotopic (exact) mass is 196 g/mol. The highest BCUT2D eigenvalue weighted by molar-refractivity contribution is 5.06. The van der Waals surface area contributed by atoms with Crippen LogP contribution in [0.4, 0.5) is 0 Å². The molecule has 1 rings (SSSR count). The van der Waals surface area contributed by atoms with E-state index in [-0.39, 0.29) is 5.60 Å². The molecule has 0 saturated heterocycles. The molecule has 0 N–H and O–H groups in total. The van der Waals surface area contributed by atoms with E-state index in [0.29, 0.717) is 0 Å². The number of rotatable bonds is 5. The molecule has 0 bridgehead atoms. The maximum Gasteiger partial charge on any atom is 0.0695 e. The van der Waals surface area contributed by atoms with Crippen molar-refractivity contribution in [3.8, 4) is 0 Å². The zero-order valence-corrected chi connectivity index (χ0v) is 9.94. The number of ether oxygens (including phenoxy) is 1. The lowest BCUT2D eigenvalue weighted by Crippen LogP contribution is -2.32. The maximum atomic E-state index is 5.84. The third kappa shape index (κ3) is 3.83. The molecule has 1 heteroatoms. The van der Waals surface area contributed by atoms with Gasteiger partial charge in [-0.15, -0.1) is 0 Å². The normalized spacial score (nSPS) is 27.5. The van der Waals surface area contributed by atoms with Gasteiger partial charge in [-0.2, -0.15) is 0 Å². The zero-order chi connectivity index (χ0) is 10.4. The molecule has 0 spiro atoms. The van der Waals surface area contributed by atoms with Crippen molar-refractivity contribution >= 4 is 0 Å². The first-order valence-electron chi connectivity index (χ1n) is 5.96. The van der Waals surface area contributed by atoms with Crippen molar-refractivity contribution in [1.82, 2.24) is 0 Å². The van der Waals surface area contributed by atoms with Gasteiger partial charge in [0.25, 0.3) is 0 Å². The molecule has 0 aromatic carbocycles. The van der Waals surface area contributed by atoms with Gasteiger partial charge in [0, 0.05) is 0 Å². The van der Waals surface area contributed by atoms with Crippen LogP contribution in [0.3, 0.4) is 0 Å². The molecule has 1 heterocycles. The van der Waals surface area contributed by atoms with Gasteiger partial charge in [-0.05, 0) is 26.7 Å². The predicted octanol–water partition coefficient (Wildman–Crippen LogP) is 4.08. The molecule has 0 radical (unpaired) electrons. The molecule has 1 aliphatic rings. The molecule has 1 aliphatic heterocycles. The zero-order valence-electron chi connectivity index (χ0n) is 9.94. The fraction of sp³-hybridized carbons (Fsp3) is 0.846. The molecule has 82 valence electrons. The van der Waals surface area contributed by atoms with Crippen LogP contribution < -0.4 is 0 Å². The molecule has 0 fully saturated rings. The van der Waals surface area contributed by atoms with Crippen LogP contribution in [0, 0.1) is 0 Å².